The Balaban J connectivity index is 1.83. The van der Waals surface area contributed by atoms with E-state index in [2.05, 4.69) is 5.32 Å². The summed E-state index contributed by atoms with van der Waals surface area (Å²) in [4.78, 5) is 0.0849. The third-order valence-electron chi connectivity index (χ3n) is 4.72. The fraction of sp³-hybridized carbons (Fsp3) is 0.368. The molecule has 1 fully saturated rings. The van der Waals surface area contributed by atoms with Crippen molar-refractivity contribution in [3.05, 3.63) is 66.0 Å². The first-order chi connectivity index (χ1) is 13.8. The molecule has 0 aliphatic carbocycles. The molecule has 3 rings (SSSR count). The molecule has 0 spiro atoms. The normalized spacial score (nSPS) is 16.2. The number of nitrogens with one attached hydrogen (secondary N) is 1. The van der Waals surface area contributed by atoms with Crippen molar-refractivity contribution in [3.63, 3.8) is 0 Å². The van der Waals surface area contributed by atoms with Crippen molar-refractivity contribution in [3.8, 4) is 0 Å². The third-order valence-corrected chi connectivity index (χ3v) is 8.43. The van der Waals surface area contributed by atoms with Gasteiger partial charge in [0.1, 0.15) is 5.82 Å². The zero-order valence-corrected chi connectivity index (χ0v) is 17.5. The first kappa shape index (κ1) is 21.8. The molecule has 10 heteroatoms. The molecule has 1 aliphatic heterocycles. The van der Waals surface area contributed by atoms with E-state index in [0.717, 1.165) is 4.31 Å². The quantitative estimate of drug-likeness (QED) is 0.666. The van der Waals surface area contributed by atoms with Gasteiger partial charge in [-0.3, -0.25) is 0 Å². The van der Waals surface area contributed by atoms with Crippen LogP contribution in [0.4, 0.5) is 4.39 Å². The minimum atomic E-state index is -3.92. The number of benzene rings is 2. The lowest BCUT2D eigenvalue weighted by molar-refractivity contribution is 0.355. The number of rotatable bonds is 8. The van der Waals surface area contributed by atoms with E-state index in [1.807, 2.05) is 0 Å². The summed E-state index contributed by atoms with van der Waals surface area (Å²) in [7, 11) is -7.51. The van der Waals surface area contributed by atoms with Crippen molar-refractivity contribution in [2.75, 3.05) is 38.5 Å². The Morgan fingerprint density at radius 2 is 1.55 bits per heavy atom. The number of sulfonamides is 2. The predicted molar refractivity (Wildman–Crippen MR) is 109 cm³/mol. The van der Waals surface area contributed by atoms with E-state index < -0.39 is 25.9 Å². The molecule has 158 valence electrons. The van der Waals surface area contributed by atoms with Gasteiger partial charge in [-0.15, -0.1) is 0 Å². The number of hydrogen-bond acceptors (Lipinski definition) is 5. The van der Waals surface area contributed by atoms with Crippen LogP contribution in [0.5, 0.6) is 0 Å². The number of nitrogens with zero attached hydrogens (tertiary/aromatic N) is 2. The molecule has 0 radical (unpaired) electrons. The minimum absolute atomic E-state index is 0.0470. The molecule has 0 saturated carbocycles. The SMILES string of the molecule is O=S(=O)(CCN(Cc1ccc(F)cc1)S(=O)(=O)c1ccccc1)N1CCNCC1. The van der Waals surface area contributed by atoms with E-state index in [1.165, 1.54) is 40.7 Å². The smallest absolute Gasteiger partial charge is 0.243 e. The van der Waals surface area contributed by atoms with Crippen LogP contribution in [0.2, 0.25) is 0 Å². The van der Waals surface area contributed by atoms with Gasteiger partial charge in [0.15, 0.2) is 0 Å². The van der Waals surface area contributed by atoms with Crippen LogP contribution in [0.25, 0.3) is 0 Å². The van der Waals surface area contributed by atoms with Gasteiger partial charge in [-0.05, 0) is 29.8 Å². The maximum atomic E-state index is 13.2. The molecule has 0 amide bonds. The molecule has 0 atom stereocenters. The molecular weight excluding hydrogens is 417 g/mol. The van der Waals surface area contributed by atoms with Gasteiger partial charge in [0.2, 0.25) is 20.0 Å². The number of hydrogen-bond donors (Lipinski definition) is 1. The largest absolute Gasteiger partial charge is 0.314 e. The molecule has 0 bridgehead atoms. The van der Waals surface area contributed by atoms with Gasteiger partial charge < -0.3 is 5.32 Å². The maximum Gasteiger partial charge on any atom is 0.243 e. The Bertz CT molecular complexity index is 1010. The highest BCUT2D eigenvalue weighted by Gasteiger charge is 2.29. The highest BCUT2D eigenvalue weighted by Crippen LogP contribution is 2.19. The van der Waals surface area contributed by atoms with E-state index in [1.54, 1.807) is 18.2 Å². The highest BCUT2D eigenvalue weighted by molar-refractivity contribution is 7.90. The molecule has 0 aromatic heterocycles. The van der Waals surface area contributed by atoms with E-state index in [0.29, 0.717) is 31.7 Å². The molecule has 1 N–H and O–H groups in total. The molecule has 7 nitrogen and oxygen atoms in total. The molecular formula is C19H24FN3O4S2. The second-order valence-corrected chi connectivity index (χ2v) is 10.8. The molecule has 2 aromatic rings. The van der Waals surface area contributed by atoms with Crippen LogP contribution in [0, 0.1) is 5.82 Å². The average molecular weight is 442 g/mol. The van der Waals surface area contributed by atoms with Crippen LogP contribution in [0.3, 0.4) is 0 Å². The first-order valence-electron chi connectivity index (χ1n) is 9.27. The summed E-state index contributed by atoms with van der Waals surface area (Å²) in [6, 6.07) is 13.4. The van der Waals surface area contributed by atoms with Crippen molar-refractivity contribution in [2.45, 2.75) is 11.4 Å². The van der Waals surface area contributed by atoms with Crippen molar-refractivity contribution in [2.24, 2.45) is 0 Å². The maximum absolute atomic E-state index is 13.2. The van der Waals surface area contributed by atoms with Gasteiger partial charge in [-0.1, -0.05) is 30.3 Å². The van der Waals surface area contributed by atoms with Gasteiger partial charge in [-0.25, -0.2) is 21.2 Å². The molecule has 1 heterocycles. The van der Waals surface area contributed by atoms with Gasteiger partial charge in [-0.2, -0.15) is 8.61 Å². The first-order valence-corrected chi connectivity index (χ1v) is 12.3. The zero-order valence-electron chi connectivity index (χ0n) is 15.9. The fourth-order valence-corrected chi connectivity index (χ4v) is 6.10. The minimum Gasteiger partial charge on any atom is -0.314 e. The zero-order chi connectivity index (χ0) is 20.9. The lowest BCUT2D eigenvalue weighted by Crippen LogP contribution is -2.48. The Morgan fingerprint density at radius 1 is 0.931 bits per heavy atom. The molecule has 2 aromatic carbocycles. The summed E-state index contributed by atoms with van der Waals surface area (Å²) < 4.78 is 67.3. The molecule has 1 aliphatic rings. The van der Waals surface area contributed by atoms with Gasteiger partial charge in [0.05, 0.1) is 10.6 Å². The summed E-state index contributed by atoms with van der Waals surface area (Å²) in [6.45, 7) is 1.63. The van der Waals surface area contributed by atoms with Crippen LogP contribution in [0.1, 0.15) is 5.56 Å². The summed E-state index contributed by atoms with van der Waals surface area (Å²) in [5, 5.41) is 3.09. The average Bonchev–Trinajstić information content (AvgIpc) is 2.73. The van der Waals surface area contributed by atoms with E-state index in [4.69, 9.17) is 0 Å². The van der Waals surface area contributed by atoms with Gasteiger partial charge in [0, 0.05) is 39.3 Å². The van der Waals surface area contributed by atoms with Crippen LogP contribution in [0.15, 0.2) is 59.5 Å². The Morgan fingerprint density at radius 3 is 2.17 bits per heavy atom. The third kappa shape index (κ3) is 5.61. The Hall–Kier alpha value is -1.85. The van der Waals surface area contributed by atoms with Crippen LogP contribution in [-0.2, 0) is 26.6 Å². The summed E-state index contributed by atoms with van der Waals surface area (Å²) in [5.41, 5.74) is 0.575. The van der Waals surface area contributed by atoms with Gasteiger partial charge >= 0.3 is 0 Å². The van der Waals surface area contributed by atoms with E-state index in [-0.39, 0.29) is 23.7 Å². The van der Waals surface area contributed by atoms with Crippen molar-refractivity contribution >= 4 is 20.0 Å². The highest BCUT2D eigenvalue weighted by atomic mass is 32.2. The lowest BCUT2D eigenvalue weighted by atomic mass is 10.2. The van der Waals surface area contributed by atoms with E-state index >= 15 is 0 Å². The Kier molecular flexibility index (Phi) is 7.01. The van der Waals surface area contributed by atoms with Gasteiger partial charge in [0.25, 0.3) is 0 Å². The molecule has 1 saturated heterocycles. The van der Waals surface area contributed by atoms with Crippen molar-refractivity contribution in [1.29, 1.82) is 0 Å². The number of piperazine rings is 1. The topological polar surface area (TPSA) is 86.8 Å². The standard InChI is InChI=1S/C19H24FN3O4S2/c20-18-8-6-17(7-9-18)16-23(29(26,27)19-4-2-1-3-5-19)14-15-28(24,25)22-12-10-21-11-13-22/h1-9,21H,10-16H2. The summed E-state index contributed by atoms with van der Waals surface area (Å²) in [6.07, 6.45) is 0. The van der Waals surface area contributed by atoms with Crippen LogP contribution < -0.4 is 5.32 Å². The van der Waals surface area contributed by atoms with Crippen molar-refractivity contribution in [1.82, 2.24) is 13.9 Å². The van der Waals surface area contributed by atoms with Crippen molar-refractivity contribution < 1.29 is 21.2 Å². The summed E-state index contributed by atoms with van der Waals surface area (Å²) in [5.74, 6) is -0.743. The number of halogens is 1. The summed E-state index contributed by atoms with van der Waals surface area (Å²) >= 11 is 0. The molecule has 29 heavy (non-hydrogen) atoms. The second kappa shape index (κ2) is 9.31. The van der Waals surface area contributed by atoms with E-state index in [9.17, 15) is 21.2 Å². The second-order valence-electron chi connectivity index (χ2n) is 6.74. The predicted octanol–water partition coefficient (Wildman–Crippen LogP) is 1.25. The monoisotopic (exact) mass is 441 g/mol. The lowest BCUT2D eigenvalue weighted by Gasteiger charge is -2.28. The van der Waals surface area contributed by atoms with Crippen LogP contribution >= 0.6 is 0 Å². The Labute approximate surface area is 171 Å². The van der Waals surface area contributed by atoms with Crippen LogP contribution in [-0.4, -0.2) is 63.9 Å². The fourth-order valence-electron chi connectivity index (χ4n) is 3.09. The molecule has 0 unspecified atom stereocenters.